The molecule has 1 aliphatic heterocycles. The Balaban J connectivity index is 1.62. The second kappa shape index (κ2) is 7.50. The molecule has 0 spiro atoms. The van der Waals surface area contributed by atoms with E-state index in [4.69, 9.17) is 4.99 Å². The highest BCUT2D eigenvalue weighted by atomic mass is 32.2. The maximum atomic E-state index is 4.75. The van der Waals surface area contributed by atoms with Crippen molar-refractivity contribution in [3.8, 4) is 0 Å². The molecule has 0 bridgehead atoms. The van der Waals surface area contributed by atoms with Gasteiger partial charge in [0.1, 0.15) is 0 Å². The summed E-state index contributed by atoms with van der Waals surface area (Å²) in [7, 11) is 0. The van der Waals surface area contributed by atoms with Gasteiger partial charge >= 0.3 is 0 Å². The van der Waals surface area contributed by atoms with Crippen LogP contribution in [0.1, 0.15) is 23.1 Å². The third kappa shape index (κ3) is 4.14. The fourth-order valence-corrected chi connectivity index (χ4v) is 3.56. The predicted molar refractivity (Wildman–Crippen MR) is 96.2 cm³/mol. The fourth-order valence-electron chi connectivity index (χ4n) is 2.55. The van der Waals surface area contributed by atoms with E-state index in [1.54, 1.807) is 0 Å². The maximum Gasteiger partial charge on any atom is 0.159 e. The molecular formula is C19H22N2S. The normalized spacial score (nSPS) is 14.8. The summed E-state index contributed by atoms with van der Waals surface area (Å²) in [6, 6.07) is 19.5. The van der Waals surface area contributed by atoms with Crippen molar-refractivity contribution in [2.75, 3.05) is 13.1 Å². The van der Waals surface area contributed by atoms with E-state index in [1.807, 2.05) is 11.8 Å². The van der Waals surface area contributed by atoms with E-state index in [0.717, 1.165) is 31.8 Å². The Hall–Kier alpha value is -1.74. The molecule has 1 heterocycles. The molecule has 0 aromatic heterocycles. The number of hydrogen-bond acceptors (Lipinski definition) is 3. The molecule has 22 heavy (non-hydrogen) atoms. The van der Waals surface area contributed by atoms with E-state index in [9.17, 15) is 0 Å². The molecule has 3 rings (SSSR count). The lowest BCUT2D eigenvalue weighted by atomic mass is 10.2. The van der Waals surface area contributed by atoms with Gasteiger partial charge in [-0.05, 0) is 24.5 Å². The monoisotopic (exact) mass is 310 g/mol. The molecule has 2 aromatic carbocycles. The van der Waals surface area contributed by atoms with Crippen molar-refractivity contribution in [2.45, 2.75) is 25.6 Å². The largest absolute Gasteiger partial charge is 0.347 e. The summed E-state index contributed by atoms with van der Waals surface area (Å²) in [5, 5.41) is 1.19. The van der Waals surface area contributed by atoms with Crippen molar-refractivity contribution in [1.29, 1.82) is 0 Å². The van der Waals surface area contributed by atoms with Crippen LogP contribution in [-0.2, 0) is 12.3 Å². The fraction of sp³-hybridized carbons (Fsp3) is 0.316. The summed E-state index contributed by atoms with van der Waals surface area (Å²) in [6.45, 7) is 5.15. The van der Waals surface area contributed by atoms with Crippen LogP contribution in [0.15, 0.2) is 59.6 Å². The van der Waals surface area contributed by atoms with Crippen LogP contribution in [0.25, 0.3) is 0 Å². The third-order valence-electron chi connectivity index (χ3n) is 3.81. The van der Waals surface area contributed by atoms with Crippen molar-refractivity contribution in [3.63, 3.8) is 0 Å². The second-order valence-corrected chi connectivity index (χ2v) is 6.64. The Morgan fingerprint density at radius 1 is 1.00 bits per heavy atom. The van der Waals surface area contributed by atoms with Crippen LogP contribution in [0.2, 0.25) is 0 Å². The molecule has 2 nitrogen and oxygen atoms in total. The lowest BCUT2D eigenvalue weighted by Crippen LogP contribution is -2.33. The Kier molecular flexibility index (Phi) is 5.17. The molecule has 0 atom stereocenters. The third-order valence-corrected chi connectivity index (χ3v) is 4.93. The molecule has 0 radical (unpaired) electrons. The first kappa shape index (κ1) is 15.2. The smallest absolute Gasteiger partial charge is 0.159 e. The number of benzene rings is 2. The van der Waals surface area contributed by atoms with Gasteiger partial charge in [0.05, 0.1) is 0 Å². The van der Waals surface area contributed by atoms with Gasteiger partial charge in [-0.2, -0.15) is 0 Å². The van der Waals surface area contributed by atoms with E-state index < -0.39 is 0 Å². The van der Waals surface area contributed by atoms with Crippen molar-refractivity contribution in [1.82, 2.24) is 4.90 Å². The molecule has 114 valence electrons. The molecule has 3 heteroatoms. The van der Waals surface area contributed by atoms with E-state index >= 15 is 0 Å². The number of aryl methyl sites for hydroxylation is 1. The molecule has 0 fully saturated rings. The van der Waals surface area contributed by atoms with Gasteiger partial charge in [0.2, 0.25) is 0 Å². The van der Waals surface area contributed by atoms with E-state index in [2.05, 4.69) is 66.4 Å². The first-order valence-corrected chi connectivity index (χ1v) is 8.81. The summed E-state index contributed by atoms with van der Waals surface area (Å²) in [5.74, 6) is 0.990. The van der Waals surface area contributed by atoms with Gasteiger partial charge in [0.25, 0.3) is 0 Å². The molecule has 0 aliphatic carbocycles. The highest BCUT2D eigenvalue weighted by Gasteiger charge is 2.16. The second-order valence-electron chi connectivity index (χ2n) is 5.70. The van der Waals surface area contributed by atoms with Crippen LogP contribution in [0.4, 0.5) is 0 Å². The minimum Gasteiger partial charge on any atom is -0.347 e. The number of amidine groups is 1. The zero-order valence-corrected chi connectivity index (χ0v) is 13.9. The predicted octanol–water partition coefficient (Wildman–Crippen LogP) is 4.49. The van der Waals surface area contributed by atoms with Gasteiger partial charge < -0.3 is 4.90 Å². The van der Waals surface area contributed by atoms with Crippen molar-refractivity contribution in [3.05, 3.63) is 71.3 Å². The first-order chi connectivity index (χ1) is 10.8. The van der Waals surface area contributed by atoms with Crippen LogP contribution < -0.4 is 0 Å². The summed E-state index contributed by atoms with van der Waals surface area (Å²) in [6.07, 6.45) is 1.15. The molecule has 0 saturated carbocycles. The van der Waals surface area contributed by atoms with E-state index in [1.165, 1.54) is 21.9 Å². The Morgan fingerprint density at radius 2 is 1.77 bits per heavy atom. The Bertz CT molecular complexity index is 620. The Morgan fingerprint density at radius 3 is 2.55 bits per heavy atom. The summed E-state index contributed by atoms with van der Waals surface area (Å²) < 4.78 is 0. The average Bonchev–Trinajstić information content (AvgIpc) is 2.56. The number of hydrogen-bond donors (Lipinski definition) is 0. The number of thioether (sulfide) groups is 1. The van der Waals surface area contributed by atoms with Gasteiger partial charge in [-0.1, -0.05) is 71.9 Å². The van der Waals surface area contributed by atoms with E-state index in [0.29, 0.717) is 0 Å². The molecular weight excluding hydrogens is 288 g/mol. The standard InChI is InChI=1S/C19H22N2S/c1-16-8-10-18(11-9-16)15-22-19-20-12-5-13-21(19)14-17-6-3-2-4-7-17/h2-4,6-11H,5,12-15H2,1H3. The van der Waals surface area contributed by atoms with Crippen LogP contribution in [0.5, 0.6) is 0 Å². The summed E-state index contributed by atoms with van der Waals surface area (Å²) >= 11 is 1.86. The van der Waals surface area contributed by atoms with Gasteiger partial charge in [0, 0.05) is 25.4 Å². The lowest BCUT2D eigenvalue weighted by Gasteiger charge is -2.29. The quantitative estimate of drug-likeness (QED) is 0.827. The van der Waals surface area contributed by atoms with Gasteiger partial charge in [-0.15, -0.1) is 0 Å². The summed E-state index contributed by atoms with van der Waals surface area (Å²) in [4.78, 5) is 7.16. The average molecular weight is 310 g/mol. The van der Waals surface area contributed by atoms with Gasteiger partial charge in [0.15, 0.2) is 5.17 Å². The minimum absolute atomic E-state index is 0.959. The highest BCUT2D eigenvalue weighted by Crippen LogP contribution is 2.21. The SMILES string of the molecule is Cc1ccc(CSC2=NCCCN2Cc2ccccc2)cc1. The van der Waals surface area contributed by atoms with Crippen LogP contribution in [-0.4, -0.2) is 23.2 Å². The van der Waals surface area contributed by atoms with E-state index in [-0.39, 0.29) is 0 Å². The van der Waals surface area contributed by atoms with Crippen molar-refractivity contribution < 1.29 is 0 Å². The van der Waals surface area contributed by atoms with Crippen LogP contribution in [0.3, 0.4) is 0 Å². The topological polar surface area (TPSA) is 15.6 Å². The molecule has 0 amide bonds. The van der Waals surface area contributed by atoms with Gasteiger partial charge in [-0.3, -0.25) is 4.99 Å². The number of rotatable bonds is 4. The lowest BCUT2D eigenvalue weighted by molar-refractivity contribution is 0.397. The number of aliphatic imine (C=N–C) groups is 1. The summed E-state index contributed by atoms with van der Waals surface area (Å²) in [5.41, 5.74) is 4.03. The minimum atomic E-state index is 0.959. The van der Waals surface area contributed by atoms with Crippen molar-refractivity contribution >= 4 is 16.9 Å². The zero-order chi connectivity index (χ0) is 15.2. The zero-order valence-electron chi connectivity index (χ0n) is 13.0. The van der Waals surface area contributed by atoms with Crippen molar-refractivity contribution in [2.24, 2.45) is 4.99 Å². The Labute approximate surface area is 137 Å². The van der Waals surface area contributed by atoms with Gasteiger partial charge in [-0.25, -0.2) is 0 Å². The maximum absolute atomic E-state index is 4.75. The highest BCUT2D eigenvalue weighted by molar-refractivity contribution is 8.13. The molecule has 1 aliphatic rings. The first-order valence-electron chi connectivity index (χ1n) is 7.83. The molecule has 0 saturated heterocycles. The molecule has 2 aromatic rings. The van der Waals surface area contributed by atoms with Crippen LogP contribution >= 0.6 is 11.8 Å². The molecule has 0 N–H and O–H groups in total. The number of nitrogens with zero attached hydrogens (tertiary/aromatic N) is 2. The van der Waals surface area contributed by atoms with Crippen LogP contribution in [0, 0.1) is 6.92 Å². The molecule has 0 unspecified atom stereocenters.